The van der Waals surface area contributed by atoms with Crippen LogP contribution in [0.4, 0.5) is 0 Å². The summed E-state index contributed by atoms with van der Waals surface area (Å²) in [6, 6.07) is 12.9. The topological polar surface area (TPSA) is 12.0 Å². The number of hydrogen-bond donors (Lipinski definition) is 1. The first kappa shape index (κ1) is 13.6. The van der Waals surface area contributed by atoms with Gasteiger partial charge in [0.1, 0.15) is 0 Å². The van der Waals surface area contributed by atoms with E-state index in [2.05, 4.69) is 43.4 Å². The van der Waals surface area contributed by atoms with Crippen molar-refractivity contribution in [3.05, 3.63) is 46.3 Å². The average molecular weight is 280 g/mol. The second kappa shape index (κ2) is 5.87. The van der Waals surface area contributed by atoms with Crippen molar-refractivity contribution in [2.45, 2.75) is 19.9 Å². The molecule has 0 aliphatic carbocycles. The van der Waals surface area contributed by atoms with Crippen LogP contribution in [0, 0.1) is 5.92 Å². The van der Waals surface area contributed by atoms with Crippen LogP contribution in [0.25, 0.3) is 10.4 Å². The SMILES string of the molecule is CNC(c1ccc(-c2ccc(Cl)cc2)s1)C(C)C. The Morgan fingerprint density at radius 3 is 2.28 bits per heavy atom. The summed E-state index contributed by atoms with van der Waals surface area (Å²) >= 11 is 7.76. The van der Waals surface area contributed by atoms with Crippen LogP contribution in [0.5, 0.6) is 0 Å². The molecule has 1 atom stereocenters. The fourth-order valence-electron chi connectivity index (χ4n) is 2.09. The summed E-state index contributed by atoms with van der Waals surface area (Å²) in [6.07, 6.45) is 0. The number of hydrogen-bond acceptors (Lipinski definition) is 2. The molecule has 1 unspecified atom stereocenters. The Morgan fingerprint density at radius 1 is 1.06 bits per heavy atom. The molecule has 96 valence electrons. The fraction of sp³-hybridized carbons (Fsp3) is 0.333. The Balaban J connectivity index is 2.27. The summed E-state index contributed by atoms with van der Waals surface area (Å²) in [5.74, 6) is 0.590. The van der Waals surface area contributed by atoms with Crippen LogP contribution in [0.2, 0.25) is 5.02 Å². The number of thiophene rings is 1. The van der Waals surface area contributed by atoms with E-state index in [1.807, 2.05) is 30.5 Å². The van der Waals surface area contributed by atoms with Gasteiger partial charge in [-0.25, -0.2) is 0 Å². The minimum atomic E-state index is 0.427. The van der Waals surface area contributed by atoms with Gasteiger partial charge in [-0.2, -0.15) is 0 Å². The molecular formula is C15H18ClNS. The van der Waals surface area contributed by atoms with Gasteiger partial charge in [0, 0.05) is 20.8 Å². The van der Waals surface area contributed by atoms with E-state index in [1.165, 1.54) is 15.3 Å². The van der Waals surface area contributed by atoms with Crippen molar-refractivity contribution in [1.29, 1.82) is 0 Å². The van der Waals surface area contributed by atoms with E-state index in [0.717, 1.165) is 5.02 Å². The van der Waals surface area contributed by atoms with Crippen molar-refractivity contribution in [2.24, 2.45) is 5.92 Å². The average Bonchev–Trinajstić information content (AvgIpc) is 2.80. The Morgan fingerprint density at radius 2 is 1.72 bits per heavy atom. The molecule has 18 heavy (non-hydrogen) atoms. The summed E-state index contributed by atoms with van der Waals surface area (Å²) in [5, 5.41) is 4.16. The summed E-state index contributed by atoms with van der Waals surface area (Å²) in [7, 11) is 2.02. The van der Waals surface area contributed by atoms with Gasteiger partial charge in [0.25, 0.3) is 0 Å². The Kier molecular flexibility index (Phi) is 4.44. The van der Waals surface area contributed by atoms with E-state index in [9.17, 15) is 0 Å². The smallest absolute Gasteiger partial charge is 0.0435 e. The van der Waals surface area contributed by atoms with Gasteiger partial charge >= 0.3 is 0 Å². The second-order valence-electron chi connectivity index (χ2n) is 4.72. The first-order valence-corrected chi connectivity index (χ1v) is 7.34. The van der Waals surface area contributed by atoms with Crippen LogP contribution in [-0.4, -0.2) is 7.05 Å². The van der Waals surface area contributed by atoms with Gasteiger partial charge < -0.3 is 5.32 Å². The predicted octanol–water partition coefficient (Wildman–Crippen LogP) is 4.99. The highest BCUT2D eigenvalue weighted by Crippen LogP contribution is 2.34. The lowest BCUT2D eigenvalue weighted by atomic mass is 10.0. The largest absolute Gasteiger partial charge is 0.312 e. The molecule has 1 heterocycles. The molecule has 1 aromatic heterocycles. The normalized spacial score (nSPS) is 12.9. The van der Waals surface area contributed by atoms with Gasteiger partial charge in [0.15, 0.2) is 0 Å². The molecule has 2 rings (SSSR count). The van der Waals surface area contributed by atoms with Crippen molar-refractivity contribution in [1.82, 2.24) is 5.32 Å². The van der Waals surface area contributed by atoms with Crippen molar-refractivity contribution in [3.8, 4) is 10.4 Å². The maximum absolute atomic E-state index is 5.91. The zero-order valence-electron chi connectivity index (χ0n) is 10.9. The summed E-state index contributed by atoms with van der Waals surface area (Å²) in [5.41, 5.74) is 1.23. The highest BCUT2D eigenvalue weighted by Gasteiger charge is 2.15. The number of nitrogens with one attached hydrogen (secondary N) is 1. The molecule has 0 amide bonds. The van der Waals surface area contributed by atoms with Crippen molar-refractivity contribution >= 4 is 22.9 Å². The number of benzene rings is 1. The molecule has 0 radical (unpaired) electrons. The number of halogens is 1. The lowest BCUT2D eigenvalue weighted by molar-refractivity contribution is 0.449. The zero-order chi connectivity index (χ0) is 13.1. The van der Waals surface area contributed by atoms with E-state index in [4.69, 9.17) is 11.6 Å². The van der Waals surface area contributed by atoms with Gasteiger partial charge in [-0.3, -0.25) is 0 Å². The van der Waals surface area contributed by atoms with Crippen LogP contribution in [0.15, 0.2) is 36.4 Å². The molecule has 1 aromatic carbocycles. The molecule has 3 heteroatoms. The molecule has 1 N–H and O–H groups in total. The maximum atomic E-state index is 5.91. The molecule has 0 spiro atoms. The highest BCUT2D eigenvalue weighted by atomic mass is 35.5. The van der Waals surface area contributed by atoms with Crippen molar-refractivity contribution < 1.29 is 0 Å². The molecule has 0 bridgehead atoms. The van der Waals surface area contributed by atoms with Crippen LogP contribution in [0.1, 0.15) is 24.8 Å². The molecule has 0 aliphatic rings. The van der Waals surface area contributed by atoms with E-state index in [-0.39, 0.29) is 0 Å². The molecule has 0 saturated carbocycles. The van der Waals surface area contributed by atoms with Crippen LogP contribution < -0.4 is 5.32 Å². The lowest BCUT2D eigenvalue weighted by Gasteiger charge is -2.18. The highest BCUT2D eigenvalue weighted by molar-refractivity contribution is 7.15. The zero-order valence-corrected chi connectivity index (χ0v) is 12.5. The summed E-state index contributed by atoms with van der Waals surface area (Å²) in [6.45, 7) is 4.48. The lowest BCUT2D eigenvalue weighted by Crippen LogP contribution is -2.20. The van der Waals surface area contributed by atoms with Crippen LogP contribution >= 0.6 is 22.9 Å². The third-order valence-electron chi connectivity index (χ3n) is 3.04. The molecule has 1 nitrogen and oxygen atoms in total. The minimum Gasteiger partial charge on any atom is -0.312 e. The fourth-order valence-corrected chi connectivity index (χ4v) is 3.52. The van der Waals surface area contributed by atoms with E-state index in [0.29, 0.717) is 12.0 Å². The second-order valence-corrected chi connectivity index (χ2v) is 6.27. The van der Waals surface area contributed by atoms with E-state index < -0.39 is 0 Å². The molecule has 0 saturated heterocycles. The summed E-state index contributed by atoms with van der Waals surface area (Å²) < 4.78 is 0. The maximum Gasteiger partial charge on any atom is 0.0435 e. The minimum absolute atomic E-state index is 0.427. The van der Waals surface area contributed by atoms with Crippen molar-refractivity contribution in [3.63, 3.8) is 0 Å². The van der Waals surface area contributed by atoms with Gasteiger partial charge in [-0.05, 0) is 42.8 Å². The Bertz CT molecular complexity index is 501. The molecule has 0 fully saturated rings. The van der Waals surface area contributed by atoms with Gasteiger partial charge in [-0.15, -0.1) is 11.3 Å². The monoisotopic (exact) mass is 279 g/mol. The molecular weight excluding hydrogens is 262 g/mol. The van der Waals surface area contributed by atoms with Gasteiger partial charge in [0.05, 0.1) is 0 Å². The molecule has 0 aliphatic heterocycles. The van der Waals surface area contributed by atoms with Crippen molar-refractivity contribution in [2.75, 3.05) is 7.05 Å². The predicted molar refractivity (Wildman–Crippen MR) is 81.4 cm³/mol. The first-order valence-electron chi connectivity index (χ1n) is 6.14. The van der Waals surface area contributed by atoms with E-state index >= 15 is 0 Å². The third-order valence-corrected chi connectivity index (χ3v) is 4.51. The van der Waals surface area contributed by atoms with E-state index in [1.54, 1.807) is 0 Å². The molecule has 2 aromatic rings. The Labute approximate surface area is 118 Å². The van der Waals surface area contributed by atoms with Gasteiger partial charge in [-0.1, -0.05) is 37.6 Å². The summed E-state index contributed by atoms with van der Waals surface area (Å²) in [4.78, 5) is 2.68. The first-order chi connectivity index (χ1) is 8.61. The third kappa shape index (κ3) is 2.94. The van der Waals surface area contributed by atoms with Crippen LogP contribution in [0.3, 0.4) is 0 Å². The number of rotatable bonds is 4. The quantitative estimate of drug-likeness (QED) is 0.832. The van der Waals surface area contributed by atoms with Gasteiger partial charge in [0.2, 0.25) is 0 Å². The van der Waals surface area contributed by atoms with Crippen LogP contribution in [-0.2, 0) is 0 Å². The standard InChI is InChI=1S/C15H18ClNS/c1-10(2)15(17-3)14-9-8-13(18-14)11-4-6-12(16)7-5-11/h4-10,15,17H,1-3H3. The Hall–Kier alpha value is -0.830.